The van der Waals surface area contributed by atoms with E-state index >= 15 is 0 Å². The molecule has 116 valence electrons. The van der Waals surface area contributed by atoms with Crippen molar-refractivity contribution < 1.29 is 22.5 Å². The third-order valence-corrected chi connectivity index (χ3v) is 4.40. The summed E-state index contributed by atoms with van der Waals surface area (Å²) >= 11 is 0. The first kappa shape index (κ1) is 16.0. The van der Waals surface area contributed by atoms with Crippen molar-refractivity contribution in [1.82, 2.24) is 0 Å². The second kappa shape index (κ2) is 6.58. The summed E-state index contributed by atoms with van der Waals surface area (Å²) in [5, 5.41) is 8.66. The Labute approximate surface area is 125 Å². The first-order chi connectivity index (χ1) is 9.83. The van der Waals surface area contributed by atoms with Gasteiger partial charge in [0.05, 0.1) is 12.4 Å². The fourth-order valence-electron chi connectivity index (χ4n) is 2.79. The molecule has 5 nitrogen and oxygen atoms in total. The molecule has 6 heteroatoms. The minimum Gasteiger partial charge on any atom is -0.481 e. The van der Waals surface area contributed by atoms with Crippen LogP contribution in [0.15, 0.2) is 24.3 Å². The van der Waals surface area contributed by atoms with E-state index in [2.05, 4.69) is 0 Å². The SMILES string of the molecule is CS(=O)(=O)O[C@@H]1CC[C@H](c2ccc(CCC(=O)O)cc2)C1. The Morgan fingerprint density at radius 2 is 1.95 bits per heavy atom. The van der Waals surface area contributed by atoms with E-state index in [-0.39, 0.29) is 12.5 Å². The monoisotopic (exact) mass is 312 g/mol. The Morgan fingerprint density at radius 1 is 1.29 bits per heavy atom. The number of aryl methyl sites for hydroxylation is 1. The van der Waals surface area contributed by atoms with E-state index in [0.717, 1.165) is 30.2 Å². The smallest absolute Gasteiger partial charge is 0.303 e. The molecule has 1 aliphatic carbocycles. The van der Waals surface area contributed by atoms with Crippen LogP contribution in [0.5, 0.6) is 0 Å². The molecule has 0 aliphatic heterocycles. The molecule has 0 spiro atoms. The lowest BCUT2D eigenvalue weighted by molar-refractivity contribution is -0.136. The van der Waals surface area contributed by atoms with Gasteiger partial charge in [-0.05, 0) is 42.7 Å². The van der Waals surface area contributed by atoms with E-state index in [1.807, 2.05) is 24.3 Å². The van der Waals surface area contributed by atoms with Crippen LogP contribution < -0.4 is 0 Å². The molecule has 0 radical (unpaired) electrons. The fourth-order valence-corrected chi connectivity index (χ4v) is 3.45. The number of aliphatic carboxylic acids is 1. The molecule has 2 atom stereocenters. The number of hydrogen-bond acceptors (Lipinski definition) is 4. The average Bonchev–Trinajstić information content (AvgIpc) is 2.83. The highest BCUT2D eigenvalue weighted by atomic mass is 32.2. The lowest BCUT2D eigenvalue weighted by atomic mass is 9.96. The summed E-state index contributed by atoms with van der Waals surface area (Å²) in [5.41, 5.74) is 2.16. The molecule has 0 heterocycles. The molecule has 0 unspecified atom stereocenters. The fraction of sp³-hybridized carbons (Fsp3) is 0.533. The molecule has 0 aromatic heterocycles. The van der Waals surface area contributed by atoms with Crippen LogP contribution in [0.2, 0.25) is 0 Å². The minimum absolute atomic E-state index is 0.132. The van der Waals surface area contributed by atoms with E-state index < -0.39 is 16.1 Å². The van der Waals surface area contributed by atoms with E-state index in [1.165, 1.54) is 0 Å². The molecular weight excluding hydrogens is 292 g/mol. The molecule has 0 saturated heterocycles. The van der Waals surface area contributed by atoms with Gasteiger partial charge in [-0.15, -0.1) is 0 Å². The maximum atomic E-state index is 11.1. The maximum absolute atomic E-state index is 11.1. The maximum Gasteiger partial charge on any atom is 0.303 e. The summed E-state index contributed by atoms with van der Waals surface area (Å²) < 4.78 is 27.3. The highest BCUT2D eigenvalue weighted by Gasteiger charge is 2.28. The standard InChI is InChI=1S/C15H20O5S/c1-21(18,19)20-14-8-7-13(10-14)12-5-2-11(3-6-12)4-9-15(16)17/h2-3,5-6,13-14H,4,7-10H2,1H3,(H,16,17)/t13-,14+/m0/s1. The first-order valence-corrected chi connectivity index (χ1v) is 8.84. The predicted molar refractivity (Wildman–Crippen MR) is 78.7 cm³/mol. The van der Waals surface area contributed by atoms with E-state index in [9.17, 15) is 13.2 Å². The van der Waals surface area contributed by atoms with Gasteiger partial charge >= 0.3 is 5.97 Å². The normalized spacial score (nSPS) is 22.3. The molecule has 1 aromatic carbocycles. The highest BCUT2D eigenvalue weighted by Crippen LogP contribution is 2.36. The Bertz CT molecular complexity index is 591. The van der Waals surface area contributed by atoms with Gasteiger partial charge in [-0.3, -0.25) is 8.98 Å². The number of carboxylic acid groups (broad SMARTS) is 1. The number of carboxylic acids is 1. The van der Waals surface area contributed by atoms with E-state index in [1.54, 1.807) is 0 Å². The molecule has 1 fully saturated rings. The first-order valence-electron chi connectivity index (χ1n) is 7.02. The van der Waals surface area contributed by atoms with Crippen molar-refractivity contribution in [3.05, 3.63) is 35.4 Å². The van der Waals surface area contributed by atoms with Crippen LogP contribution >= 0.6 is 0 Å². The quantitative estimate of drug-likeness (QED) is 0.815. The van der Waals surface area contributed by atoms with Gasteiger partial charge in [0.1, 0.15) is 0 Å². The largest absolute Gasteiger partial charge is 0.481 e. The van der Waals surface area contributed by atoms with Gasteiger partial charge in [0.2, 0.25) is 0 Å². The Morgan fingerprint density at radius 3 is 2.52 bits per heavy atom. The molecule has 0 bridgehead atoms. The average molecular weight is 312 g/mol. The summed E-state index contributed by atoms with van der Waals surface area (Å²) in [6.07, 6.45) is 3.89. The van der Waals surface area contributed by atoms with Crippen molar-refractivity contribution in [2.75, 3.05) is 6.26 Å². The second-order valence-electron chi connectivity index (χ2n) is 5.57. The Balaban J connectivity index is 1.92. The molecule has 2 rings (SSSR count). The summed E-state index contributed by atoms with van der Waals surface area (Å²) in [6, 6.07) is 7.90. The van der Waals surface area contributed by atoms with Crippen LogP contribution in [-0.2, 0) is 25.5 Å². The lowest BCUT2D eigenvalue weighted by Crippen LogP contribution is -2.14. The van der Waals surface area contributed by atoms with Crippen molar-refractivity contribution in [3.63, 3.8) is 0 Å². The zero-order chi connectivity index (χ0) is 15.5. The number of benzene rings is 1. The van der Waals surface area contributed by atoms with Crippen molar-refractivity contribution in [1.29, 1.82) is 0 Å². The summed E-state index contributed by atoms with van der Waals surface area (Å²) in [5.74, 6) is -0.485. The number of carbonyl (C=O) groups is 1. The second-order valence-corrected chi connectivity index (χ2v) is 7.17. The van der Waals surface area contributed by atoms with Crippen molar-refractivity contribution in [2.45, 2.75) is 44.1 Å². The van der Waals surface area contributed by atoms with Gasteiger partial charge in [0, 0.05) is 6.42 Å². The molecule has 1 N–H and O–H groups in total. The van der Waals surface area contributed by atoms with Gasteiger partial charge < -0.3 is 5.11 Å². The van der Waals surface area contributed by atoms with E-state index in [4.69, 9.17) is 9.29 Å². The van der Waals surface area contributed by atoms with Crippen LogP contribution in [0, 0.1) is 0 Å². The third-order valence-electron chi connectivity index (χ3n) is 3.77. The molecule has 1 aliphatic rings. The Hall–Kier alpha value is -1.40. The molecule has 0 amide bonds. The van der Waals surface area contributed by atoms with E-state index in [0.29, 0.717) is 18.8 Å². The Kier molecular flexibility index (Phi) is 5.00. The minimum atomic E-state index is -3.39. The molecule has 1 aromatic rings. The zero-order valence-corrected chi connectivity index (χ0v) is 12.8. The molecule has 21 heavy (non-hydrogen) atoms. The lowest BCUT2D eigenvalue weighted by Gasteiger charge is -2.12. The van der Waals surface area contributed by atoms with Crippen LogP contribution in [0.1, 0.15) is 42.7 Å². The van der Waals surface area contributed by atoms with Crippen LogP contribution in [-0.4, -0.2) is 31.9 Å². The zero-order valence-electron chi connectivity index (χ0n) is 12.0. The van der Waals surface area contributed by atoms with Gasteiger partial charge in [0.25, 0.3) is 10.1 Å². The van der Waals surface area contributed by atoms with Crippen molar-refractivity contribution in [3.8, 4) is 0 Å². The highest BCUT2D eigenvalue weighted by molar-refractivity contribution is 7.86. The van der Waals surface area contributed by atoms with Crippen LogP contribution in [0.25, 0.3) is 0 Å². The summed E-state index contributed by atoms with van der Waals surface area (Å²) in [6.45, 7) is 0. The topological polar surface area (TPSA) is 80.7 Å². The van der Waals surface area contributed by atoms with Crippen molar-refractivity contribution >= 4 is 16.1 Å². The summed E-state index contributed by atoms with van der Waals surface area (Å²) in [7, 11) is -3.39. The number of rotatable bonds is 6. The van der Waals surface area contributed by atoms with Crippen LogP contribution in [0.4, 0.5) is 0 Å². The van der Waals surface area contributed by atoms with Gasteiger partial charge in [-0.2, -0.15) is 8.42 Å². The molecule has 1 saturated carbocycles. The summed E-state index contributed by atoms with van der Waals surface area (Å²) in [4.78, 5) is 10.5. The van der Waals surface area contributed by atoms with Gasteiger partial charge in [-0.25, -0.2) is 0 Å². The molecular formula is C15H20O5S. The number of hydrogen-bond donors (Lipinski definition) is 1. The van der Waals surface area contributed by atoms with Gasteiger partial charge in [0.15, 0.2) is 0 Å². The van der Waals surface area contributed by atoms with Gasteiger partial charge in [-0.1, -0.05) is 24.3 Å². The third kappa shape index (κ3) is 5.13. The predicted octanol–water partition coefficient (Wildman–Crippen LogP) is 2.32. The van der Waals surface area contributed by atoms with Crippen LogP contribution in [0.3, 0.4) is 0 Å². The van der Waals surface area contributed by atoms with Crippen molar-refractivity contribution in [2.24, 2.45) is 0 Å².